The molecule has 0 heterocycles. The molecule has 0 bridgehead atoms. The van der Waals surface area contributed by atoms with Gasteiger partial charge >= 0.3 is 18.1 Å². The molecule has 0 fully saturated rings. The lowest BCUT2D eigenvalue weighted by Gasteiger charge is -2.12. The normalized spacial score (nSPS) is 11.3. The molecule has 0 saturated heterocycles. The van der Waals surface area contributed by atoms with Crippen molar-refractivity contribution in [2.24, 2.45) is 0 Å². The first-order valence-electron chi connectivity index (χ1n) is 8.77. The number of hydrogen-bond acceptors (Lipinski definition) is 7. The molecule has 0 aliphatic carbocycles. The van der Waals surface area contributed by atoms with Crippen molar-refractivity contribution in [3.63, 3.8) is 0 Å². The molecule has 170 valence electrons. The molecule has 0 aliphatic rings. The highest BCUT2D eigenvalue weighted by Gasteiger charge is 2.31. The maximum atomic E-state index is 12.8. The van der Waals surface area contributed by atoms with Gasteiger partial charge in [0.1, 0.15) is 30.3 Å². The van der Waals surface area contributed by atoms with Gasteiger partial charge < -0.3 is 14.2 Å². The number of rotatable bonds is 8. The summed E-state index contributed by atoms with van der Waals surface area (Å²) in [4.78, 5) is 33.3. The molecule has 2 aromatic rings. The third-order valence-electron chi connectivity index (χ3n) is 3.73. The van der Waals surface area contributed by atoms with Crippen LogP contribution in [0.15, 0.2) is 48.6 Å². The summed E-state index contributed by atoms with van der Waals surface area (Å²) < 4.78 is 53.2. The van der Waals surface area contributed by atoms with Gasteiger partial charge in [-0.2, -0.15) is 13.2 Å². The summed E-state index contributed by atoms with van der Waals surface area (Å²) in [5, 5.41) is 10.9. The fraction of sp³-hybridized carbons (Fsp3) is 0.200. The Balaban J connectivity index is 2.18. The van der Waals surface area contributed by atoms with Crippen LogP contribution in [0.1, 0.15) is 22.8 Å². The van der Waals surface area contributed by atoms with Gasteiger partial charge in [-0.15, -0.1) is 0 Å². The molecular weight excluding hydrogens is 459 g/mol. The zero-order chi connectivity index (χ0) is 23.9. The minimum absolute atomic E-state index is 0.0375. The Labute approximate surface area is 184 Å². The van der Waals surface area contributed by atoms with Crippen molar-refractivity contribution in [2.45, 2.75) is 13.1 Å². The number of alkyl halides is 3. The van der Waals surface area contributed by atoms with Crippen molar-refractivity contribution >= 4 is 29.2 Å². The predicted octanol–water partition coefficient (Wildman–Crippen LogP) is 5.34. The van der Waals surface area contributed by atoms with Crippen molar-refractivity contribution in [1.82, 2.24) is 0 Å². The molecule has 32 heavy (non-hydrogen) atoms. The second-order valence-corrected chi connectivity index (χ2v) is 6.46. The number of carbonyl (C=O) groups excluding carboxylic acids is 2. The average Bonchev–Trinajstić information content (AvgIpc) is 2.70. The summed E-state index contributed by atoms with van der Waals surface area (Å²) in [6.45, 7) is 0.928. The number of nitro groups is 1. The molecule has 0 aromatic heterocycles. The Morgan fingerprint density at radius 3 is 2.31 bits per heavy atom. The SMILES string of the molecule is CC(=O)OCC=CCOC(=O)c1cc(Oc2ccc(C(F)(F)F)cc2Cl)ccc1[N+](=O)[O-]. The van der Waals surface area contributed by atoms with Gasteiger partial charge in [-0.05, 0) is 36.4 Å². The molecule has 0 saturated carbocycles. The van der Waals surface area contributed by atoms with Gasteiger partial charge in [-0.25, -0.2) is 4.79 Å². The fourth-order valence-corrected chi connectivity index (χ4v) is 2.51. The van der Waals surface area contributed by atoms with Gasteiger partial charge in [0, 0.05) is 19.1 Å². The summed E-state index contributed by atoms with van der Waals surface area (Å²) in [6.07, 6.45) is -1.82. The van der Waals surface area contributed by atoms with Crippen molar-refractivity contribution in [3.8, 4) is 11.5 Å². The zero-order valence-electron chi connectivity index (χ0n) is 16.3. The number of nitrogens with zero attached hydrogens (tertiary/aromatic N) is 1. The highest BCUT2D eigenvalue weighted by Crippen LogP contribution is 2.37. The zero-order valence-corrected chi connectivity index (χ0v) is 17.1. The van der Waals surface area contributed by atoms with Gasteiger partial charge in [0.25, 0.3) is 5.69 Å². The molecule has 12 heteroatoms. The molecule has 0 aliphatic heterocycles. The second kappa shape index (κ2) is 10.6. The van der Waals surface area contributed by atoms with Crippen LogP contribution in [0.2, 0.25) is 5.02 Å². The minimum Gasteiger partial charge on any atom is -0.462 e. The first-order valence-corrected chi connectivity index (χ1v) is 9.15. The number of nitro benzene ring substituents is 1. The summed E-state index contributed by atoms with van der Waals surface area (Å²) in [5.41, 5.74) is -1.99. The fourth-order valence-electron chi connectivity index (χ4n) is 2.29. The van der Waals surface area contributed by atoms with E-state index in [2.05, 4.69) is 4.74 Å². The number of ether oxygens (including phenoxy) is 3. The monoisotopic (exact) mass is 473 g/mol. The lowest BCUT2D eigenvalue weighted by atomic mass is 10.1. The Morgan fingerprint density at radius 2 is 1.75 bits per heavy atom. The summed E-state index contributed by atoms with van der Waals surface area (Å²) in [7, 11) is 0. The average molecular weight is 474 g/mol. The molecule has 8 nitrogen and oxygen atoms in total. The molecule has 2 rings (SSSR count). The molecule has 0 atom stereocenters. The third kappa shape index (κ3) is 6.98. The van der Waals surface area contributed by atoms with E-state index in [1.54, 1.807) is 0 Å². The number of carbonyl (C=O) groups is 2. The van der Waals surface area contributed by atoms with E-state index in [0.29, 0.717) is 6.07 Å². The van der Waals surface area contributed by atoms with E-state index < -0.39 is 39.9 Å². The lowest BCUT2D eigenvalue weighted by Crippen LogP contribution is -2.09. The molecule has 0 radical (unpaired) electrons. The van der Waals surface area contributed by atoms with E-state index in [9.17, 15) is 32.9 Å². The van der Waals surface area contributed by atoms with E-state index in [-0.39, 0.29) is 29.7 Å². The van der Waals surface area contributed by atoms with Crippen molar-refractivity contribution in [2.75, 3.05) is 13.2 Å². The number of benzene rings is 2. The number of hydrogen-bond donors (Lipinski definition) is 0. The highest BCUT2D eigenvalue weighted by atomic mass is 35.5. The molecule has 0 N–H and O–H groups in total. The van der Waals surface area contributed by atoms with E-state index in [1.807, 2.05) is 0 Å². The van der Waals surface area contributed by atoms with Crippen LogP contribution in [0.3, 0.4) is 0 Å². The lowest BCUT2D eigenvalue weighted by molar-refractivity contribution is -0.385. The number of halogens is 4. The standard InChI is InChI=1S/C20H15ClF3NO7/c1-12(26)30-8-2-3-9-31-19(27)15-11-14(5-6-17(15)25(28)29)32-18-7-4-13(10-16(18)21)20(22,23)24/h2-7,10-11H,8-9H2,1H3. The van der Waals surface area contributed by atoms with Gasteiger partial charge in [0.15, 0.2) is 0 Å². The molecular formula is C20H15ClF3NO7. The quantitative estimate of drug-likeness (QED) is 0.221. The molecule has 0 spiro atoms. The first-order chi connectivity index (χ1) is 15.0. The topological polar surface area (TPSA) is 105 Å². The Morgan fingerprint density at radius 1 is 1.09 bits per heavy atom. The van der Waals surface area contributed by atoms with E-state index >= 15 is 0 Å². The van der Waals surface area contributed by atoms with Crippen LogP contribution in [0.4, 0.5) is 18.9 Å². The van der Waals surface area contributed by atoms with Gasteiger partial charge in [-0.3, -0.25) is 14.9 Å². The number of esters is 2. The van der Waals surface area contributed by atoms with Crippen molar-refractivity contribution < 1.29 is 41.9 Å². The van der Waals surface area contributed by atoms with E-state index in [4.69, 9.17) is 21.1 Å². The highest BCUT2D eigenvalue weighted by molar-refractivity contribution is 6.32. The molecule has 2 aromatic carbocycles. The molecule has 0 unspecified atom stereocenters. The second-order valence-electron chi connectivity index (χ2n) is 6.05. The van der Waals surface area contributed by atoms with Gasteiger partial charge in [-0.1, -0.05) is 11.6 Å². The Bertz CT molecular complexity index is 1050. The van der Waals surface area contributed by atoms with E-state index in [1.165, 1.54) is 19.1 Å². The Kier molecular flexibility index (Phi) is 8.19. The third-order valence-corrected chi connectivity index (χ3v) is 4.03. The maximum Gasteiger partial charge on any atom is 0.416 e. The van der Waals surface area contributed by atoms with E-state index in [0.717, 1.165) is 30.3 Å². The largest absolute Gasteiger partial charge is 0.462 e. The summed E-state index contributed by atoms with van der Waals surface area (Å²) in [5.74, 6) is -1.78. The first kappa shape index (κ1) is 24.7. The van der Waals surface area contributed by atoms with Gasteiger partial charge in [0.2, 0.25) is 0 Å². The summed E-state index contributed by atoms with van der Waals surface area (Å²) in [6, 6.07) is 5.56. The predicted molar refractivity (Wildman–Crippen MR) is 106 cm³/mol. The van der Waals surface area contributed by atoms with Crippen LogP contribution in [-0.2, 0) is 20.4 Å². The maximum absolute atomic E-state index is 12.8. The van der Waals surface area contributed by atoms with Crippen LogP contribution >= 0.6 is 11.6 Å². The van der Waals surface area contributed by atoms with Crippen molar-refractivity contribution in [1.29, 1.82) is 0 Å². The Hall–Kier alpha value is -3.60. The van der Waals surface area contributed by atoms with Gasteiger partial charge in [0.05, 0.1) is 15.5 Å². The smallest absolute Gasteiger partial charge is 0.416 e. The summed E-state index contributed by atoms with van der Waals surface area (Å²) >= 11 is 5.84. The van der Waals surface area contributed by atoms with Crippen LogP contribution in [0.25, 0.3) is 0 Å². The van der Waals surface area contributed by atoms with Crippen LogP contribution in [0, 0.1) is 10.1 Å². The van der Waals surface area contributed by atoms with Crippen molar-refractivity contribution in [3.05, 3.63) is 74.8 Å². The molecule has 0 amide bonds. The van der Waals surface area contributed by atoms with Crippen LogP contribution in [-0.4, -0.2) is 30.1 Å². The van der Waals surface area contributed by atoms with Crippen LogP contribution in [0.5, 0.6) is 11.5 Å². The minimum atomic E-state index is -4.60. The van der Waals surface area contributed by atoms with Crippen LogP contribution < -0.4 is 4.74 Å².